The van der Waals surface area contributed by atoms with Gasteiger partial charge in [-0.05, 0) is 55.5 Å². The normalized spacial score (nSPS) is 14.1. The molecule has 1 aliphatic rings. The highest BCUT2D eigenvalue weighted by Gasteiger charge is 2.23. The van der Waals surface area contributed by atoms with Gasteiger partial charge >= 0.3 is 0 Å². The van der Waals surface area contributed by atoms with Crippen LogP contribution in [0.25, 0.3) is 21.9 Å². The first-order valence-corrected chi connectivity index (χ1v) is 11.2. The van der Waals surface area contributed by atoms with E-state index >= 15 is 0 Å². The Balaban J connectivity index is 1.14. The number of hydrogen-bond acceptors (Lipinski definition) is 5. The molecule has 0 radical (unpaired) electrons. The van der Waals surface area contributed by atoms with Crippen molar-refractivity contribution in [2.24, 2.45) is 7.05 Å². The Kier molecular flexibility index (Phi) is 5.62. The van der Waals surface area contributed by atoms with Crippen molar-refractivity contribution < 1.29 is 13.9 Å². The van der Waals surface area contributed by atoms with E-state index in [0.717, 1.165) is 72.6 Å². The van der Waals surface area contributed by atoms with E-state index in [0.29, 0.717) is 6.61 Å². The van der Waals surface area contributed by atoms with E-state index in [9.17, 15) is 4.79 Å². The van der Waals surface area contributed by atoms with Crippen molar-refractivity contribution in [3.05, 3.63) is 70.2 Å². The number of rotatable bonds is 7. The van der Waals surface area contributed by atoms with Crippen molar-refractivity contribution >= 4 is 21.9 Å². The van der Waals surface area contributed by atoms with Crippen molar-refractivity contribution in [3.63, 3.8) is 0 Å². The summed E-state index contributed by atoms with van der Waals surface area (Å²) in [6.07, 6.45) is 3.04. The van der Waals surface area contributed by atoms with Gasteiger partial charge in [-0.1, -0.05) is 12.1 Å². The quantitative estimate of drug-likeness (QED) is 0.402. The maximum atomic E-state index is 11.9. The van der Waals surface area contributed by atoms with E-state index < -0.39 is 0 Å². The number of aromatic nitrogens is 1. The lowest BCUT2D eigenvalue weighted by Gasteiger charge is -2.25. The number of fused-ring (bicyclic) bond motifs is 4. The van der Waals surface area contributed by atoms with Crippen LogP contribution in [-0.4, -0.2) is 36.3 Å². The van der Waals surface area contributed by atoms with E-state index in [1.165, 1.54) is 10.9 Å². The molecule has 0 bridgehead atoms. The predicted molar refractivity (Wildman–Crippen MR) is 126 cm³/mol. The van der Waals surface area contributed by atoms with Gasteiger partial charge in [0.15, 0.2) is 11.3 Å². The van der Waals surface area contributed by atoms with E-state index in [-0.39, 0.29) is 5.56 Å². The zero-order chi connectivity index (χ0) is 22.1. The van der Waals surface area contributed by atoms with Gasteiger partial charge < -0.3 is 18.5 Å². The maximum absolute atomic E-state index is 11.9. The lowest BCUT2D eigenvalue weighted by Crippen LogP contribution is -2.30. The summed E-state index contributed by atoms with van der Waals surface area (Å²) in [6.45, 7) is 3.56. The molecular formula is C26H28N2O4. The third-order valence-electron chi connectivity index (χ3n) is 6.37. The molecule has 0 saturated carbocycles. The van der Waals surface area contributed by atoms with Crippen molar-refractivity contribution in [2.75, 3.05) is 26.8 Å². The average Bonchev–Trinajstić information content (AvgIpc) is 3.19. The van der Waals surface area contributed by atoms with Crippen LogP contribution in [0.5, 0.6) is 11.5 Å². The van der Waals surface area contributed by atoms with Crippen LogP contribution in [0.2, 0.25) is 0 Å². The van der Waals surface area contributed by atoms with E-state index in [1.807, 2.05) is 36.4 Å². The Hall–Kier alpha value is -3.25. The Labute approximate surface area is 187 Å². The average molecular weight is 433 g/mol. The van der Waals surface area contributed by atoms with Crippen LogP contribution in [0.15, 0.2) is 57.7 Å². The van der Waals surface area contributed by atoms with Crippen LogP contribution < -0.4 is 15.0 Å². The Bertz CT molecular complexity index is 1320. The van der Waals surface area contributed by atoms with Gasteiger partial charge in [-0.15, -0.1) is 0 Å². The highest BCUT2D eigenvalue weighted by Crippen LogP contribution is 2.35. The first kappa shape index (κ1) is 20.6. The maximum Gasteiger partial charge on any atom is 0.250 e. The molecule has 0 aliphatic carbocycles. The minimum atomic E-state index is -0.0118. The fourth-order valence-electron chi connectivity index (χ4n) is 4.56. The first-order valence-electron chi connectivity index (χ1n) is 11.2. The minimum Gasteiger partial charge on any atom is -0.494 e. The van der Waals surface area contributed by atoms with Gasteiger partial charge in [0.1, 0.15) is 11.5 Å². The minimum absolute atomic E-state index is 0.0118. The fraction of sp³-hybridized carbons (Fsp3) is 0.346. The van der Waals surface area contributed by atoms with Gasteiger partial charge in [0.05, 0.1) is 25.8 Å². The number of unbranched alkanes of at least 4 members (excludes halogenated alkanes) is 1. The highest BCUT2D eigenvalue weighted by atomic mass is 16.5. The molecule has 3 heterocycles. The van der Waals surface area contributed by atoms with Gasteiger partial charge in [-0.25, -0.2) is 0 Å². The van der Waals surface area contributed by atoms with Gasteiger partial charge in [-0.2, -0.15) is 0 Å². The van der Waals surface area contributed by atoms with Crippen LogP contribution >= 0.6 is 0 Å². The number of hydrogen-bond donors (Lipinski definition) is 0. The lowest BCUT2D eigenvalue weighted by atomic mass is 10.0. The van der Waals surface area contributed by atoms with Gasteiger partial charge in [-0.3, -0.25) is 9.69 Å². The van der Waals surface area contributed by atoms with Crippen LogP contribution in [0, 0.1) is 0 Å². The van der Waals surface area contributed by atoms with Crippen molar-refractivity contribution in [1.82, 2.24) is 9.47 Å². The topological polar surface area (TPSA) is 56.8 Å². The molecule has 2 aromatic heterocycles. The standard InChI is InChI=1S/C26H28N2O4/c1-27-22-16-19(10-8-18(22)9-11-25(27)29)31-15-4-3-13-28-14-12-20-21-6-5-7-23(30-2)26(21)32-24(20)17-28/h5-11,16H,3-4,12-15,17H2,1-2H3. The summed E-state index contributed by atoms with van der Waals surface area (Å²) in [5.74, 6) is 2.67. The SMILES string of the molecule is COc1cccc2c3c(oc12)CN(CCCCOc1ccc2ccc(=O)n(C)c2c1)CC3. The number of methoxy groups -OCH3 is 1. The van der Waals surface area contributed by atoms with E-state index in [1.54, 1.807) is 24.8 Å². The molecule has 1 aliphatic heterocycles. The Morgan fingerprint density at radius 2 is 1.97 bits per heavy atom. The molecule has 0 spiro atoms. The number of nitrogens with zero attached hydrogens (tertiary/aromatic N) is 2. The van der Waals surface area contributed by atoms with Crippen molar-refractivity contribution in [3.8, 4) is 11.5 Å². The molecule has 4 aromatic rings. The molecule has 166 valence electrons. The molecule has 0 amide bonds. The molecule has 0 unspecified atom stereocenters. The van der Waals surface area contributed by atoms with Crippen LogP contribution in [-0.2, 0) is 20.0 Å². The van der Waals surface area contributed by atoms with Crippen LogP contribution in [0.4, 0.5) is 0 Å². The molecule has 0 N–H and O–H groups in total. The molecule has 0 fully saturated rings. The number of para-hydroxylation sites is 1. The third-order valence-corrected chi connectivity index (χ3v) is 6.37. The number of ether oxygens (including phenoxy) is 2. The number of pyridine rings is 1. The second-order valence-corrected chi connectivity index (χ2v) is 8.37. The van der Waals surface area contributed by atoms with Gasteiger partial charge in [0.2, 0.25) is 0 Å². The summed E-state index contributed by atoms with van der Waals surface area (Å²) in [5.41, 5.74) is 3.07. The molecular weight excluding hydrogens is 404 g/mol. The van der Waals surface area contributed by atoms with Gasteiger partial charge in [0.25, 0.3) is 5.56 Å². The fourth-order valence-corrected chi connectivity index (χ4v) is 4.56. The molecule has 6 nitrogen and oxygen atoms in total. The van der Waals surface area contributed by atoms with Crippen LogP contribution in [0.1, 0.15) is 24.2 Å². The monoisotopic (exact) mass is 432 g/mol. The summed E-state index contributed by atoms with van der Waals surface area (Å²) in [7, 11) is 3.47. The third kappa shape index (κ3) is 3.86. The van der Waals surface area contributed by atoms with E-state index in [4.69, 9.17) is 13.9 Å². The second-order valence-electron chi connectivity index (χ2n) is 8.37. The molecule has 6 heteroatoms. The van der Waals surface area contributed by atoms with E-state index in [2.05, 4.69) is 11.0 Å². The van der Waals surface area contributed by atoms with Crippen molar-refractivity contribution in [1.29, 1.82) is 0 Å². The predicted octanol–water partition coefficient (Wildman–Crippen LogP) is 4.51. The number of aryl methyl sites for hydroxylation is 1. The first-order chi connectivity index (χ1) is 15.6. The smallest absolute Gasteiger partial charge is 0.250 e. The highest BCUT2D eigenvalue weighted by molar-refractivity contribution is 5.87. The van der Waals surface area contributed by atoms with Gasteiger partial charge in [0, 0.05) is 36.7 Å². The summed E-state index contributed by atoms with van der Waals surface area (Å²) in [5, 5.41) is 2.22. The molecule has 5 rings (SSSR count). The van der Waals surface area contributed by atoms with Crippen molar-refractivity contribution in [2.45, 2.75) is 25.8 Å². The van der Waals surface area contributed by atoms with Crippen LogP contribution in [0.3, 0.4) is 0 Å². The second kappa shape index (κ2) is 8.71. The zero-order valence-corrected chi connectivity index (χ0v) is 18.6. The zero-order valence-electron chi connectivity index (χ0n) is 18.6. The summed E-state index contributed by atoms with van der Waals surface area (Å²) >= 11 is 0. The summed E-state index contributed by atoms with van der Waals surface area (Å²) < 4.78 is 19.2. The molecule has 32 heavy (non-hydrogen) atoms. The number of benzene rings is 2. The largest absolute Gasteiger partial charge is 0.494 e. The molecule has 0 atom stereocenters. The number of furan rings is 1. The molecule has 2 aromatic carbocycles. The Morgan fingerprint density at radius 3 is 2.84 bits per heavy atom. The summed E-state index contributed by atoms with van der Waals surface area (Å²) in [6, 6.07) is 15.4. The Morgan fingerprint density at radius 1 is 1.09 bits per heavy atom. The summed E-state index contributed by atoms with van der Waals surface area (Å²) in [4.78, 5) is 14.3. The lowest BCUT2D eigenvalue weighted by molar-refractivity contribution is 0.218. The molecule has 0 saturated heterocycles.